The summed E-state index contributed by atoms with van der Waals surface area (Å²) in [6.07, 6.45) is -0.573. The second-order valence-electron chi connectivity index (χ2n) is 5.28. The highest BCUT2D eigenvalue weighted by Gasteiger charge is 2.12. The van der Waals surface area contributed by atoms with Crippen LogP contribution in [0, 0.1) is 0 Å². The summed E-state index contributed by atoms with van der Waals surface area (Å²) in [4.78, 5) is 2.69. The van der Waals surface area contributed by atoms with E-state index >= 15 is 0 Å². The van der Waals surface area contributed by atoms with Crippen LogP contribution in [0.25, 0.3) is 10.4 Å². The number of aliphatic hydroxyl groups excluding tert-OH is 1. The van der Waals surface area contributed by atoms with Crippen molar-refractivity contribution in [1.82, 2.24) is 5.32 Å². The molecule has 104 valence electrons. The molecule has 0 amide bonds. The zero-order valence-electron chi connectivity index (χ0n) is 11.5. The average Bonchev–Trinajstić information content (AvgIpc) is 2.35. The third-order valence-corrected chi connectivity index (χ3v) is 2.31. The number of nitrogens with one attached hydrogen (secondary N) is 1. The summed E-state index contributed by atoms with van der Waals surface area (Å²) in [6, 6.07) is 6.73. The molecule has 2 N–H and O–H groups in total. The Morgan fingerprint density at radius 2 is 2.00 bits per heavy atom. The summed E-state index contributed by atoms with van der Waals surface area (Å²) in [5.74, 6) is 0.631. The zero-order valence-corrected chi connectivity index (χ0v) is 11.5. The number of aliphatic hydroxyl groups is 1. The Balaban J connectivity index is 2.37. The first-order chi connectivity index (χ1) is 8.90. The third-order valence-electron chi connectivity index (χ3n) is 2.31. The standard InChI is InChI=1S/C13H20N4O2/c1-13(2,3)15-8-11(18)9-19-12-6-4-10(5-7-12)16-17-14/h4-7,11,15,18H,8-9H2,1-3H3. The van der Waals surface area contributed by atoms with E-state index in [1.165, 1.54) is 0 Å². The number of ether oxygens (including phenoxy) is 1. The van der Waals surface area contributed by atoms with Gasteiger partial charge in [-0.25, -0.2) is 0 Å². The largest absolute Gasteiger partial charge is 0.491 e. The van der Waals surface area contributed by atoms with Gasteiger partial charge in [0.25, 0.3) is 0 Å². The summed E-state index contributed by atoms with van der Waals surface area (Å²) in [5, 5.41) is 16.4. The fourth-order valence-electron chi connectivity index (χ4n) is 1.34. The molecule has 0 saturated carbocycles. The Labute approximate surface area is 113 Å². The summed E-state index contributed by atoms with van der Waals surface area (Å²) >= 11 is 0. The fraction of sp³-hybridized carbons (Fsp3) is 0.538. The van der Waals surface area contributed by atoms with Crippen LogP contribution in [0.1, 0.15) is 20.8 Å². The van der Waals surface area contributed by atoms with Crippen molar-refractivity contribution in [3.05, 3.63) is 34.7 Å². The van der Waals surface area contributed by atoms with Gasteiger partial charge in [-0.3, -0.25) is 0 Å². The van der Waals surface area contributed by atoms with Crippen LogP contribution >= 0.6 is 0 Å². The first kappa shape index (κ1) is 15.3. The molecule has 0 aliphatic rings. The highest BCUT2D eigenvalue weighted by atomic mass is 16.5. The van der Waals surface area contributed by atoms with Crippen LogP contribution in [0.5, 0.6) is 5.75 Å². The van der Waals surface area contributed by atoms with Crippen LogP contribution in [0.3, 0.4) is 0 Å². The van der Waals surface area contributed by atoms with E-state index in [1.807, 2.05) is 20.8 Å². The second kappa shape index (κ2) is 6.99. The maximum atomic E-state index is 9.76. The van der Waals surface area contributed by atoms with Gasteiger partial charge in [-0.15, -0.1) is 0 Å². The Kier molecular flexibility index (Phi) is 5.63. The van der Waals surface area contributed by atoms with E-state index in [-0.39, 0.29) is 12.1 Å². The summed E-state index contributed by atoms with van der Waals surface area (Å²) in [7, 11) is 0. The fourth-order valence-corrected chi connectivity index (χ4v) is 1.34. The van der Waals surface area contributed by atoms with Crippen molar-refractivity contribution in [3.63, 3.8) is 0 Å². The molecule has 1 unspecified atom stereocenters. The molecule has 0 aromatic heterocycles. The Morgan fingerprint density at radius 3 is 2.53 bits per heavy atom. The van der Waals surface area contributed by atoms with Gasteiger partial charge in [0.1, 0.15) is 18.5 Å². The number of β-amino-alcohol motifs (C(OH)–C–C–N with tert-alkyl or cyclic N) is 1. The van der Waals surface area contributed by atoms with Crippen LogP contribution in [-0.4, -0.2) is 29.9 Å². The number of azide groups is 1. The first-order valence-electron chi connectivity index (χ1n) is 6.12. The second-order valence-corrected chi connectivity index (χ2v) is 5.28. The van der Waals surface area contributed by atoms with Crippen LogP contribution in [-0.2, 0) is 0 Å². The lowest BCUT2D eigenvalue weighted by atomic mass is 10.1. The van der Waals surface area contributed by atoms with E-state index in [2.05, 4.69) is 15.3 Å². The summed E-state index contributed by atoms with van der Waals surface area (Å²) in [6.45, 7) is 6.79. The molecule has 1 rings (SSSR count). The molecule has 0 saturated heterocycles. The molecule has 1 aromatic carbocycles. The van der Waals surface area contributed by atoms with Gasteiger partial charge in [-0.1, -0.05) is 5.11 Å². The minimum Gasteiger partial charge on any atom is -0.491 e. The predicted octanol–water partition coefficient (Wildman–Crippen LogP) is 2.76. The van der Waals surface area contributed by atoms with Gasteiger partial charge in [-0.05, 0) is 50.6 Å². The van der Waals surface area contributed by atoms with E-state index < -0.39 is 6.10 Å². The zero-order chi connectivity index (χ0) is 14.3. The maximum Gasteiger partial charge on any atom is 0.119 e. The van der Waals surface area contributed by atoms with Crippen LogP contribution in [0.15, 0.2) is 29.4 Å². The summed E-state index contributed by atoms with van der Waals surface area (Å²) < 4.78 is 5.44. The van der Waals surface area contributed by atoms with E-state index in [4.69, 9.17) is 10.3 Å². The van der Waals surface area contributed by atoms with Gasteiger partial charge in [0.05, 0.1) is 0 Å². The molecule has 0 fully saturated rings. The molecule has 1 aromatic rings. The smallest absolute Gasteiger partial charge is 0.119 e. The molecule has 0 heterocycles. The highest BCUT2D eigenvalue weighted by Crippen LogP contribution is 2.18. The van der Waals surface area contributed by atoms with Gasteiger partial charge in [-0.2, -0.15) is 0 Å². The number of rotatable bonds is 6. The highest BCUT2D eigenvalue weighted by molar-refractivity contribution is 5.40. The van der Waals surface area contributed by atoms with Crippen LogP contribution in [0.2, 0.25) is 0 Å². The molecule has 1 atom stereocenters. The molecule has 0 bridgehead atoms. The molecule has 0 radical (unpaired) electrons. The Morgan fingerprint density at radius 1 is 1.37 bits per heavy atom. The van der Waals surface area contributed by atoms with E-state index in [0.717, 1.165) is 0 Å². The molecule has 0 aliphatic carbocycles. The third kappa shape index (κ3) is 6.67. The van der Waals surface area contributed by atoms with Gasteiger partial charge < -0.3 is 15.2 Å². The Bertz CT molecular complexity index is 433. The van der Waals surface area contributed by atoms with E-state index in [0.29, 0.717) is 18.0 Å². The summed E-state index contributed by atoms with van der Waals surface area (Å²) in [5.41, 5.74) is 8.78. The molecule has 0 aliphatic heterocycles. The van der Waals surface area contributed by atoms with Crippen molar-refractivity contribution >= 4 is 5.69 Å². The van der Waals surface area contributed by atoms with E-state index in [9.17, 15) is 5.11 Å². The topological polar surface area (TPSA) is 90.2 Å². The first-order valence-corrected chi connectivity index (χ1v) is 6.12. The minimum atomic E-state index is -0.573. The number of hydrogen-bond donors (Lipinski definition) is 2. The minimum absolute atomic E-state index is 0.0298. The van der Waals surface area contributed by atoms with Crippen molar-refractivity contribution in [2.45, 2.75) is 32.4 Å². The van der Waals surface area contributed by atoms with Gasteiger partial charge in [0.15, 0.2) is 0 Å². The van der Waals surface area contributed by atoms with Crippen molar-refractivity contribution in [3.8, 4) is 5.75 Å². The predicted molar refractivity (Wildman–Crippen MR) is 74.5 cm³/mol. The molecule has 6 nitrogen and oxygen atoms in total. The van der Waals surface area contributed by atoms with Gasteiger partial charge in [0.2, 0.25) is 0 Å². The van der Waals surface area contributed by atoms with Crippen LogP contribution in [0.4, 0.5) is 5.69 Å². The normalized spacial score (nSPS) is 12.6. The van der Waals surface area contributed by atoms with E-state index in [1.54, 1.807) is 24.3 Å². The SMILES string of the molecule is CC(C)(C)NCC(O)COc1ccc(N=[N+]=[N-])cc1. The molecule has 19 heavy (non-hydrogen) atoms. The lowest BCUT2D eigenvalue weighted by Gasteiger charge is -2.22. The maximum absolute atomic E-state index is 9.76. The lowest BCUT2D eigenvalue weighted by molar-refractivity contribution is 0.100. The quantitative estimate of drug-likeness (QED) is 0.470. The number of hydrogen-bond acceptors (Lipinski definition) is 4. The van der Waals surface area contributed by atoms with Crippen molar-refractivity contribution in [2.75, 3.05) is 13.2 Å². The Hall–Kier alpha value is -1.75. The molecular weight excluding hydrogens is 244 g/mol. The van der Waals surface area contributed by atoms with Crippen LogP contribution < -0.4 is 10.1 Å². The number of nitrogens with zero attached hydrogens (tertiary/aromatic N) is 3. The molecule has 6 heteroatoms. The van der Waals surface area contributed by atoms with Gasteiger partial charge >= 0.3 is 0 Å². The lowest BCUT2D eigenvalue weighted by Crippen LogP contribution is -2.42. The van der Waals surface area contributed by atoms with Crippen molar-refractivity contribution in [2.24, 2.45) is 5.11 Å². The average molecular weight is 264 g/mol. The van der Waals surface area contributed by atoms with Crippen molar-refractivity contribution < 1.29 is 9.84 Å². The number of benzene rings is 1. The monoisotopic (exact) mass is 264 g/mol. The van der Waals surface area contributed by atoms with Crippen molar-refractivity contribution in [1.29, 1.82) is 0 Å². The molecule has 0 spiro atoms. The van der Waals surface area contributed by atoms with Gasteiger partial charge in [0, 0.05) is 22.7 Å². The molecular formula is C13H20N4O2.